The standard InChI is InChI=1S/C12H12Br2N2OS/c13-10-3-8(1-2-15)4-11(14)12(10)17-5-9-6-18-7-16-9/h3-4,6-7H,1-2,5,15H2. The Morgan fingerprint density at radius 1 is 1.28 bits per heavy atom. The first-order valence-electron chi connectivity index (χ1n) is 5.38. The van der Waals surface area contributed by atoms with Crippen molar-refractivity contribution < 1.29 is 4.74 Å². The van der Waals surface area contributed by atoms with Crippen LogP contribution in [0.25, 0.3) is 0 Å². The fourth-order valence-corrected chi connectivity index (χ4v) is 3.57. The van der Waals surface area contributed by atoms with Crippen molar-refractivity contribution >= 4 is 43.2 Å². The van der Waals surface area contributed by atoms with Crippen molar-refractivity contribution in [3.8, 4) is 5.75 Å². The van der Waals surface area contributed by atoms with Crippen molar-refractivity contribution in [2.75, 3.05) is 6.54 Å². The van der Waals surface area contributed by atoms with Crippen molar-refractivity contribution in [2.45, 2.75) is 13.0 Å². The van der Waals surface area contributed by atoms with Crippen molar-refractivity contribution in [1.29, 1.82) is 0 Å². The number of benzene rings is 1. The molecule has 0 fully saturated rings. The highest BCUT2D eigenvalue weighted by atomic mass is 79.9. The number of rotatable bonds is 5. The zero-order chi connectivity index (χ0) is 13.0. The topological polar surface area (TPSA) is 48.1 Å². The van der Waals surface area contributed by atoms with Crippen molar-refractivity contribution in [1.82, 2.24) is 4.98 Å². The van der Waals surface area contributed by atoms with Crippen LogP contribution in [0.4, 0.5) is 0 Å². The van der Waals surface area contributed by atoms with E-state index in [1.54, 1.807) is 16.8 Å². The Kier molecular flexibility index (Phi) is 5.17. The average Bonchev–Trinajstić information content (AvgIpc) is 2.81. The van der Waals surface area contributed by atoms with Gasteiger partial charge in [0.25, 0.3) is 0 Å². The molecule has 0 bridgehead atoms. The van der Waals surface area contributed by atoms with Gasteiger partial charge in [-0.2, -0.15) is 0 Å². The minimum atomic E-state index is 0.469. The number of thiazole rings is 1. The number of nitrogens with two attached hydrogens (primary N) is 1. The monoisotopic (exact) mass is 390 g/mol. The molecule has 0 atom stereocenters. The van der Waals surface area contributed by atoms with Crippen molar-refractivity contribution in [3.05, 3.63) is 43.2 Å². The lowest BCUT2D eigenvalue weighted by Gasteiger charge is -2.11. The molecular formula is C12H12Br2N2OS. The molecule has 2 aromatic rings. The number of hydrogen-bond acceptors (Lipinski definition) is 4. The molecule has 18 heavy (non-hydrogen) atoms. The largest absolute Gasteiger partial charge is 0.485 e. The maximum atomic E-state index is 5.76. The Balaban J connectivity index is 2.12. The molecule has 0 amide bonds. The number of nitrogens with zero attached hydrogens (tertiary/aromatic N) is 1. The highest BCUT2D eigenvalue weighted by molar-refractivity contribution is 9.11. The molecule has 0 radical (unpaired) electrons. The molecule has 0 aliphatic heterocycles. The van der Waals surface area contributed by atoms with Crippen LogP contribution in [0, 0.1) is 0 Å². The second-order valence-corrected chi connectivity index (χ2v) is 6.12. The van der Waals surface area contributed by atoms with E-state index in [4.69, 9.17) is 10.5 Å². The highest BCUT2D eigenvalue weighted by Crippen LogP contribution is 2.35. The van der Waals surface area contributed by atoms with Crippen LogP contribution in [0.5, 0.6) is 5.75 Å². The summed E-state index contributed by atoms with van der Waals surface area (Å²) in [6, 6.07) is 4.07. The van der Waals surface area contributed by atoms with E-state index in [1.165, 1.54) is 5.56 Å². The number of ether oxygens (including phenoxy) is 1. The molecule has 3 nitrogen and oxygen atoms in total. The molecule has 1 aromatic heterocycles. The number of halogens is 2. The predicted octanol–water partition coefficient (Wildman–Crippen LogP) is 3.75. The minimum Gasteiger partial charge on any atom is -0.485 e. The zero-order valence-electron chi connectivity index (χ0n) is 9.53. The Bertz CT molecular complexity index is 494. The summed E-state index contributed by atoms with van der Waals surface area (Å²) in [5, 5.41) is 1.98. The summed E-state index contributed by atoms with van der Waals surface area (Å²) < 4.78 is 7.62. The van der Waals surface area contributed by atoms with Gasteiger partial charge in [-0.25, -0.2) is 4.98 Å². The van der Waals surface area contributed by atoms with E-state index in [2.05, 4.69) is 36.8 Å². The maximum Gasteiger partial charge on any atom is 0.148 e. The maximum absolute atomic E-state index is 5.76. The smallest absolute Gasteiger partial charge is 0.148 e. The molecule has 0 saturated carbocycles. The fraction of sp³-hybridized carbons (Fsp3) is 0.250. The second-order valence-electron chi connectivity index (χ2n) is 3.70. The van der Waals surface area contributed by atoms with Crippen LogP contribution in [0.15, 0.2) is 32.0 Å². The van der Waals surface area contributed by atoms with E-state index in [0.717, 1.165) is 26.8 Å². The van der Waals surface area contributed by atoms with Gasteiger partial charge in [-0.15, -0.1) is 11.3 Å². The van der Waals surface area contributed by atoms with E-state index in [1.807, 2.05) is 17.5 Å². The zero-order valence-corrected chi connectivity index (χ0v) is 13.5. The van der Waals surface area contributed by atoms with Crippen molar-refractivity contribution in [2.24, 2.45) is 5.73 Å². The van der Waals surface area contributed by atoms with E-state index < -0.39 is 0 Å². The third kappa shape index (κ3) is 3.54. The molecule has 0 unspecified atom stereocenters. The van der Waals surface area contributed by atoms with E-state index in [9.17, 15) is 0 Å². The van der Waals surface area contributed by atoms with Crippen LogP contribution in [-0.2, 0) is 13.0 Å². The van der Waals surface area contributed by atoms with Gasteiger partial charge in [0.2, 0.25) is 0 Å². The summed E-state index contributed by atoms with van der Waals surface area (Å²) in [6.07, 6.45) is 0.851. The molecule has 1 aromatic carbocycles. The summed E-state index contributed by atoms with van der Waals surface area (Å²) in [6.45, 7) is 1.11. The van der Waals surface area contributed by atoms with Crippen LogP contribution in [-0.4, -0.2) is 11.5 Å². The second kappa shape index (κ2) is 6.65. The lowest BCUT2D eigenvalue weighted by Crippen LogP contribution is -2.03. The van der Waals surface area contributed by atoms with Crippen molar-refractivity contribution in [3.63, 3.8) is 0 Å². The molecule has 1 heterocycles. The van der Waals surface area contributed by atoms with Crippen LogP contribution >= 0.6 is 43.2 Å². The van der Waals surface area contributed by atoms with Crippen LogP contribution in [0.1, 0.15) is 11.3 Å². The van der Waals surface area contributed by atoms with Gasteiger partial charge in [-0.3, -0.25) is 0 Å². The number of aromatic nitrogens is 1. The van der Waals surface area contributed by atoms with Gasteiger partial charge in [0.15, 0.2) is 0 Å². The summed E-state index contributed by atoms with van der Waals surface area (Å²) >= 11 is 8.60. The summed E-state index contributed by atoms with van der Waals surface area (Å²) in [7, 11) is 0. The molecule has 0 aliphatic rings. The first-order valence-corrected chi connectivity index (χ1v) is 7.91. The Hall–Kier alpha value is -0.430. The minimum absolute atomic E-state index is 0.469. The third-order valence-corrected chi connectivity index (χ3v) is 4.15. The van der Waals surface area contributed by atoms with Gasteiger partial charge >= 0.3 is 0 Å². The Labute approximate surface area is 127 Å². The van der Waals surface area contributed by atoms with E-state index in [0.29, 0.717) is 13.2 Å². The van der Waals surface area contributed by atoms with Gasteiger partial charge in [-0.05, 0) is 62.5 Å². The first kappa shape index (κ1) is 14.0. The molecule has 2 N–H and O–H groups in total. The van der Waals surface area contributed by atoms with Crippen LogP contribution < -0.4 is 10.5 Å². The van der Waals surface area contributed by atoms with Gasteiger partial charge in [0, 0.05) is 5.38 Å². The molecule has 0 aliphatic carbocycles. The fourth-order valence-electron chi connectivity index (χ4n) is 1.52. The normalized spacial score (nSPS) is 10.6. The summed E-state index contributed by atoms with van der Waals surface area (Å²) in [5.74, 6) is 0.795. The summed E-state index contributed by atoms with van der Waals surface area (Å²) in [4.78, 5) is 4.18. The lowest BCUT2D eigenvalue weighted by atomic mass is 10.1. The van der Waals surface area contributed by atoms with Gasteiger partial charge in [-0.1, -0.05) is 0 Å². The molecule has 6 heteroatoms. The molecule has 0 saturated heterocycles. The van der Waals surface area contributed by atoms with Gasteiger partial charge in [0.05, 0.1) is 20.1 Å². The molecule has 2 rings (SSSR count). The van der Waals surface area contributed by atoms with E-state index >= 15 is 0 Å². The highest BCUT2D eigenvalue weighted by Gasteiger charge is 2.09. The van der Waals surface area contributed by atoms with Gasteiger partial charge in [0.1, 0.15) is 12.4 Å². The SMILES string of the molecule is NCCc1cc(Br)c(OCc2cscn2)c(Br)c1. The average molecular weight is 392 g/mol. The van der Waals surface area contributed by atoms with Gasteiger partial charge < -0.3 is 10.5 Å². The molecular weight excluding hydrogens is 380 g/mol. The quantitative estimate of drug-likeness (QED) is 0.844. The van der Waals surface area contributed by atoms with Crippen LogP contribution in [0.2, 0.25) is 0 Å². The number of hydrogen-bond donors (Lipinski definition) is 1. The first-order chi connectivity index (χ1) is 8.70. The predicted molar refractivity (Wildman–Crippen MR) is 81.0 cm³/mol. The van der Waals surface area contributed by atoms with E-state index in [-0.39, 0.29) is 0 Å². The van der Waals surface area contributed by atoms with Crippen LogP contribution in [0.3, 0.4) is 0 Å². The Morgan fingerprint density at radius 3 is 2.56 bits per heavy atom. The molecule has 96 valence electrons. The molecule has 0 spiro atoms. The summed E-state index contributed by atoms with van der Waals surface area (Å²) in [5.41, 5.74) is 9.46. The lowest BCUT2D eigenvalue weighted by molar-refractivity contribution is 0.298. The third-order valence-electron chi connectivity index (χ3n) is 2.34. The Morgan fingerprint density at radius 2 is 2.00 bits per heavy atom.